The lowest BCUT2D eigenvalue weighted by atomic mass is 10.1. The van der Waals surface area contributed by atoms with Crippen LogP contribution in [0.2, 0.25) is 0 Å². The van der Waals surface area contributed by atoms with Gasteiger partial charge < -0.3 is 9.47 Å². The second kappa shape index (κ2) is 9.28. The Bertz CT molecular complexity index is 554. The minimum atomic E-state index is -0.670. The van der Waals surface area contributed by atoms with Crippen molar-refractivity contribution in [2.24, 2.45) is 5.10 Å². The fraction of sp³-hybridized carbons (Fsp3) is 0.333. The van der Waals surface area contributed by atoms with E-state index in [4.69, 9.17) is 4.74 Å². The zero-order valence-electron chi connectivity index (χ0n) is 12.5. The van der Waals surface area contributed by atoms with E-state index in [1.54, 1.807) is 44.2 Å². The molecule has 1 aromatic rings. The predicted octanol–water partition coefficient (Wildman–Crippen LogP) is 1.02. The molecule has 0 unspecified atom stereocenters. The number of ether oxygens (including phenoxy) is 2. The van der Waals surface area contributed by atoms with Crippen molar-refractivity contribution in [1.29, 1.82) is 0 Å². The summed E-state index contributed by atoms with van der Waals surface area (Å²) in [7, 11) is 0. The molecule has 1 N–H and O–H groups in total. The maximum Gasteiger partial charge on any atom is 0.359 e. The molecule has 0 saturated heterocycles. The lowest BCUT2D eigenvalue weighted by Crippen LogP contribution is -2.27. The van der Waals surface area contributed by atoms with Crippen LogP contribution in [0.15, 0.2) is 35.4 Å². The van der Waals surface area contributed by atoms with Gasteiger partial charge in [0.05, 0.1) is 13.2 Å². The van der Waals surface area contributed by atoms with Crippen molar-refractivity contribution in [3.8, 4) is 0 Å². The standard InChI is InChI=1S/C15H18N2O5/c1-3-21-13(19)10-12(18)16-17-14(15(20)22-4-2)11-8-6-5-7-9-11/h5-9H,3-4,10H2,1-2H3,(H,16,18). The Morgan fingerprint density at radius 1 is 1.05 bits per heavy atom. The highest BCUT2D eigenvalue weighted by atomic mass is 16.5. The molecule has 0 aliphatic rings. The molecule has 1 rings (SSSR count). The third-order valence-electron chi connectivity index (χ3n) is 2.42. The first kappa shape index (κ1) is 17.4. The van der Waals surface area contributed by atoms with E-state index in [1.807, 2.05) is 0 Å². The molecule has 0 heterocycles. The lowest BCUT2D eigenvalue weighted by molar-refractivity contribution is -0.146. The van der Waals surface area contributed by atoms with Gasteiger partial charge in [-0.25, -0.2) is 10.2 Å². The molecular formula is C15H18N2O5. The van der Waals surface area contributed by atoms with Crippen molar-refractivity contribution in [3.63, 3.8) is 0 Å². The molecular weight excluding hydrogens is 288 g/mol. The Balaban J connectivity index is 2.81. The van der Waals surface area contributed by atoms with Gasteiger partial charge in [0.1, 0.15) is 6.42 Å². The Kier molecular flexibility index (Phi) is 7.32. The van der Waals surface area contributed by atoms with Gasteiger partial charge in [0.15, 0.2) is 5.71 Å². The second-order valence-electron chi connectivity index (χ2n) is 4.06. The Morgan fingerprint density at radius 3 is 2.27 bits per heavy atom. The zero-order chi connectivity index (χ0) is 16.4. The van der Waals surface area contributed by atoms with Crippen molar-refractivity contribution >= 4 is 23.6 Å². The summed E-state index contributed by atoms with van der Waals surface area (Å²) in [6.45, 7) is 3.68. The number of amides is 1. The van der Waals surface area contributed by atoms with Gasteiger partial charge in [-0.05, 0) is 13.8 Å². The Morgan fingerprint density at radius 2 is 1.68 bits per heavy atom. The van der Waals surface area contributed by atoms with E-state index in [0.717, 1.165) is 0 Å². The van der Waals surface area contributed by atoms with E-state index in [-0.39, 0.29) is 18.9 Å². The van der Waals surface area contributed by atoms with E-state index in [0.29, 0.717) is 5.56 Å². The average molecular weight is 306 g/mol. The predicted molar refractivity (Wildman–Crippen MR) is 79.0 cm³/mol. The van der Waals surface area contributed by atoms with Crippen LogP contribution in [-0.4, -0.2) is 36.8 Å². The molecule has 7 nitrogen and oxygen atoms in total. The summed E-state index contributed by atoms with van der Waals surface area (Å²) in [5.41, 5.74) is 2.61. The van der Waals surface area contributed by atoms with Crippen molar-refractivity contribution in [2.45, 2.75) is 20.3 Å². The van der Waals surface area contributed by atoms with Crippen LogP contribution in [0.25, 0.3) is 0 Å². The molecule has 22 heavy (non-hydrogen) atoms. The van der Waals surface area contributed by atoms with Crippen LogP contribution in [0.3, 0.4) is 0 Å². The molecule has 1 aromatic carbocycles. The molecule has 0 aliphatic carbocycles. The number of benzene rings is 1. The largest absolute Gasteiger partial charge is 0.466 e. The molecule has 0 spiro atoms. The highest BCUT2D eigenvalue weighted by Gasteiger charge is 2.16. The minimum Gasteiger partial charge on any atom is -0.466 e. The van der Waals surface area contributed by atoms with Gasteiger partial charge >= 0.3 is 11.9 Å². The molecule has 0 radical (unpaired) electrons. The van der Waals surface area contributed by atoms with Gasteiger partial charge in [0.2, 0.25) is 0 Å². The molecule has 118 valence electrons. The summed E-state index contributed by atoms with van der Waals surface area (Å²) in [6.07, 6.45) is -0.470. The smallest absolute Gasteiger partial charge is 0.359 e. The monoisotopic (exact) mass is 306 g/mol. The van der Waals surface area contributed by atoms with Gasteiger partial charge in [-0.2, -0.15) is 5.10 Å². The van der Waals surface area contributed by atoms with Crippen molar-refractivity contribution < 1.29 is 23.9 Å². The van der Waals surface area contributed by atoms with E-state index in [1.165, 1.54) is 0 Å². The maximum atomic E-state index is 11.9. The SMILES string of the molecule is CCOC(=O)CC(=O)NN=C(C(=O)OCC)c1ccccc1. The molecule has 1 amide bonds. The average Bonchev–Trinajstić information content (AvgIpc) is 2.49. The third kappa shape index (κ3) is 5.74. The fourth-order valence-electron chi connectivity index (χ4n) is 1.52. The van der Waals surface area contributed by atoms with Crippen LogP contribution in [0.4, 0.5) is 0 Å². The van der Waals surface area contributed by atoms with Crippen molar-refractivity contribution in [3.05, 3.63) is 35.9 Å². The molecule has 0 fully saturated rings. The Hall–Kier alpha value is -2.70. The van der Waals surface area contributed by atoms with Gasteiger partial charge in [0.25, 0.3) is 5.91 Å². The number of carbonyl (C=O) groups is 3. The number of hydrogen-bond acceptors (Lipinski definition) is 6. The number of hydrazone groups is 1. The van der Waals surface area contributed by atoms with Gasteiger partial charge in [-0.1, -0.05) is 30.3 Å². The van der Waals surface area contributed by atoms with Crippen LogP contribution in [0.1, 0.15) is 25.8 Å². The van der Waals surface area contributed by atoms with Gasteiger partial charge in [-0.3, -0.25) is 9.59 Å². The number of esters is 2. The minimum absolute atomic E-state index is 0.0420. The topological polar surface area (TPSA) is 94.1 Å². The van der Waals surface area contributed by atoms with Gasteiger partial charge in [-0.15, -0.1) is 0 Å². The molecule has 0 saturated carbocycles. The molecule has 0 aliphatic heterocycles. The normalized spacial score (nSPS) is 10.7. The highest BCUT2D eigenvalue weighted by Crippen LogP contribution is 2.03. The second-order valence-corrected chi connectivity index (χ2v) is 4.06. The molecule has 0 aromatic heterocycles. The first-order chi connectivity index (χ1) is 10.6. The van der Waals surface area contributed by atoms with Crippen LogP contribution < -0.4 is 5.43 Å². The summed E-state index contributed by atoms with van der Waals surface area (Å²) in [5, 5.41) is 3.76. The Labute approximate surface area is 128 Å². The van der Waals surface area contributed by atoms with Gasteiger partial charge in [0, 0.05) is 5.56 Å². The third-order valence-corrected chi connectivity index (χ3v) is 2.42. The number of carbonyl (C=O) groups excluding carboxylic acids is 3. The first-order valence-corrected chi connectivity index (χ1v) is 6.83. The molecule has 0 atom stereocenters. The highest BCUT2D eigenvalue weighted by molar-refractivity contribution is 6.43. The summed E-state index contributed by atoms with van der Waals surface area (Å²) in [6, 6.07) is 8.56. The van der Waals surface area contributed by atoms with E-state index < -0.39 is 24.3 Å². The first-order valence-electron chi connectivity index (χ1n) is 6.83. The molecule has 0 bridgehead atoms. The summed E-state index contributed by atoms with van der Waals surface area (Å²) >= 11 is 0. The molecule has 7 heteroatoms. The van der Waals surface area contributed by atoms with Crippen LogP contribution in [-0.2, 0) is 23.9 Å². The lowest BCUT2D eigenvalue weighted by Gasteiger charge is -2.06. The summed E-state index contributed by atoms with van der Waals surface area (Å²) < 4.78 is 9.55. The quantitative estimate of drug-likeness (QED) is 0.351. The van der Waals surface area contributed by atoms with Crippen molar-refractivity contribution in [1.82, 2.24) is 5.43 Å². The van der Waals surface area contributed by atoms with E-state index in [9.17, 15) is 14.4 Å². The van der Waals surface area contributed by atoms with E-state index >= 15 is 0 Å². The van der Waals surface area contributed by atoms with Crippen LogP contribution in [0.5, 0.6) is 0 Å². The number of nitrogens with zero attached hydrogens (tertiary/aromatic N) is 1. The number of nitrogens with one attached hydrogen (secondary N) is 1. The maximum absolute atomic E-state index is 11.9. The number of rotatable bonds is 7. The van der Waals surface area contributed by atoms with E-state index in [2.05, 4.69) is 15.3 Å². The summed E-state index contributed by atoms with van der Waals surface area (Å²) in [4.78, 5) is 34.6. The van der Waals surface area contributed by atoms with Crippen molar-refractivity contribution in [2.75, 3.05) is 13.2 Å². The summed E-state index contributed by atoms with van der Waals surface area (Å²) in [5.74, 6) is -1.99. The zero-order valence-corrected chi connectivity index (χ0v) is 12.5. The fourth-order valence-corrected chi connectivity index (χ4v) is 1.52. The van der Waals surface area contributed by atoms with Crippen LogP contribution >= 0.6 is 0 Å². The number of hydrogen-bond donors (Lipinski definition) is 1. The van der Waals surface area contributed by atoms with Crippen LogP contribution in [0, 0.1) is 0 Å².